The zero-order valence-corrected chi connectivity index (χ0v) is 18.1. The van der Waals surface area contributed by atoms with E-state index < -0.39 is 0 Å². The van der Waals surface area contributed by atoms with E-state index in [2.05, 4.69) is 50.3 Å². The van der Waals surface area contributed by atoms with Gasteiger partial charge < -0.3 is 9.55 Å². The van der Waals surface area contributed by atoms with E-state index in [9.17, 15) is 0 Å². The van der Waals surface area contributed by atoms with Crippen LogP contribution in [0.25, 0.3) is 55.3 Å². The second kappa shape index (κ2) is 6.61. The van der Waals surface area contributed by atoms with Crippen LogP contribution in [0, 0.1) is 13.8 Å². The van der Waals surface area contributed by atoms with Crippen LogP contribution in [0.2, 0.25) is 0 Å². The van der Waals surface area contributed by atoms with Crippen molar-refractivity contribution in [3.8, 4) is 33.3 Å². The molecule has 0 bridgehead atoms. The van der Waals surface area contributed by atoms with Crippen molar-refractivity contribution in [1.29, 1.82) is 0 Å². The number of imidazole rings is 1. The molecule has 0 aliphatic rings. The van der Waals surface area contributed by atoms with Crippen molar-refractivity contribution in [2.75, 3.05) is 0 Å². The second-order valence-corrected chi connectivity index (χ2v) is 8.92. The van der Waals surface area contributed by atoms with Crippen LogP contribution in [-0.4, -0.2) is 34.7 Å². The van der Waals surface area contributed by atoms with E-state index in [0.717, 1.165) is 61.1 Å². The number of aromatic nitrogens is 7. The molecular weight excluding hydrogens is 406 g/mol. The fraction of sp³-hybridized carbons (Fsp3) is 0.130. The molecule has 0 atom stereocenters. The highest BCUT2D eigenvalue weighted by molar-refractivity contribution is 7.15. The van der Waals surface area contributed by atoms with Gasteiger partial charge in [-0.2, -0.15) is 5.10 Å². The van der Waals surface area contributed by atoms with Crippen molar-refractivity contribution in [1.82, 2.24) is 34.7 Å². The number of pyridine rings is 2. The Morgan fingerprint density at radius 3 is 2.65 bits per heavy atom. The third kappa shape index (κ3) is 2.79. The maximum absolute atomic E-state index is 4.92. The first kappa shape index (κ1) is 18.0. The fourth-order valence-electron chi connectivity index (χ4n) is 3.91. The average Bonchev–Trinajstić information content (AvgIpc) is 3.54. The molecule has 0 aliphatic heterocycles. The van der Waals surface area contributed by atoms with Crippen LogP contribution >= 0.6 is 11.3 Å². The highest BCUT2D eigenvalue weighted by atomic mass is 32.1. The first-order chi connectivity index (χ1) is 15.1. The Bertz CT molecular complexity index is 1580. The summed E-state index contributed by atoms with van der Waals surface area (Å²) in [5.41, 5.74) is 7.27. The first-order valence-corrected chi connectivity index (χ1v) is 10.8. The molecule has 0 aromatic carbocycles. The molecule has 31 heavy (non-hydrogen) atoms. The van der Waals surface area contributed by atoms with Crippen LogP contribution < -0.4 is 0 Å². The predicted octanol–water partition coefficient (Wildman–Crippen LogP) is 5.25. The number of nitrogens with one attached hydrogen (secondary N) is 2. The van der Waals surface area contributed by atoms with Gasteiger partial charge in [0.2, 0.25) is 0 Å². The van der Waals surface area contributed by atoms with Gasteiger partial charge in [-0.25, -0.2) is 9.97 Å². The Labute approximate surface area is 181 Å². The lowest BCUT2D eigenvalue weighted by Crippen LogP contribution is -1.96. The van der Waals surface area contributed by atoms with Crippen molar-refractivity contribution in [2.45, 2.75) is 13.8 Å². The molecule has 8 heteroatoms. The lowest BCUT2D eigenvalue weighted by atomic mass is 10.2. The van der Waals surface area contributed by atoms with Gasteiger partial charge in [0, 0.05) is 29.0 Å². The third-order valence-electron chi connectivity index (χ3n) is 5.67. The lowest BCUT2D eigenvalue weighted by Gasteiger charge is -2.03. The summed E-state index contributed by atoms with van der Waals surface area (Å²) in [5, 5.41) is 8.76. The summed E-state index contributed by atoms with van der Waals surface area (Å²) in [7, 11) is 2.00. The molecule has 6 rings (SSSR count). The molecule has 6 aromatic rings. The lowest BCUT2D eigenvalue weighted by molar-refractivity contribution is 0.862. The summed E-state index contributed by atoms with van der Waals surface area (Å²) < 4.78 is 2.04. The van der Waals surface area contributed by atoms with Gasteiger partial charge in [-0.15, -0.1) is 11.3 Å². The smallest absolute Gasteiger partial charge is 0.135 e. The zero-order chi connectivity index (χ0) is 21.1. The number of aromatic amines is 2. The van der Waals surface area contributed by atoms with Gasteiger partial charge in [0.25, 0.3) is 0 Å². The molecule has 0 amide bonds. The Balaban J connectivity index is 1.52. The van der Waals surface area contributed by atoms with Gasteiger partial charge in [0.05, 0.1) is 39.4 Å². The van der Waals surface area contributed by atoms with Crippen LogP contribution in [-0.2, 0) is 7.05 Å². The standard InChI is InChI=1S/C23H19N7S/c1-12-4-7-20(31-12)21-14-10-18(26-15(14)8-9-24-21)23-22-17(28-29-23)6-5-16(27-22)19-11-25-13(2)30(19)3/h4-11,26H,1-3H3,(H,28,29). The monoisotopic (exact) mass is 425 g/mol. The topological polar surface area (TPSA) is 88.1 Å². The number of hydrogen-bond donors (Lipinski definition) is 2. The SMILES string of the molecule is Cc1ccc(-c2nccc3[nH]c(-c4n[nH]c5ccc(-c6cnc(C)n6C)nc45)cc23)s1. The molecular formula is C23H19N7S. The summed E-state index contributed by atoms with van der Waals surface area (Å²) in [6, 6.07) is 12.4. The summed E-state index contributed by atoms with van der Waals surface area (Å²) in [6.45, 7) is 4.09. The highest BCUT2D eigenvalue weighted by Crippen LogP contribution is 2.35. The van der Waals surface area contributed by atoms with Gasteiger partial charge in [0.15, 0.2) is 0 Å². The minimum absolute atomic E-state index is 0.792. The summed E-state index contributed by atoms with van der Waals surface area (Å²) in [5.74, 6) is 0.948. The van der Waals surface area contributed by atoms with Crippen molar-refractivity contribution < 1.29 is 0 Å². The number of nitrogens with zero attached hydrogens (tertiary/aromatic N) is 5. The van der Waals surface area contributed by atoms with Gasteiger partial charge in [0.1, 0.15) is 17.0 Å². The molecule has 0 aliphatic carbocycles. The average molecular weight is 426 g/mol. The van der Waals surface area contributed by atoms with E-state index in [1.807, 2.05) is 49.1 Å². The number of hydrogen-bond acceptors (Lipinski definition) is 5. The molecule has 0 radical (unpaired) electrons. The predicted molar refractivity (Wildman–Crippen MR) is 124 cm³/mol. The highest BCUT2D eigenvalue weighted by Gasteiger charge is 2.17. The van der Waals surface area contributed by atoms with Gasteiger partial charge in [-0.3, -0.25) is 10.1 Å². The molecule has 0 spiro atoms. The third-order valence-corrected chi connectivity index (χ3v) is 6.67. The number of fused-ring (bicyclic) bond motifs is 2. The maximum Gasteiger partial charge on any atom is 0.135 e. The van der Waals surface area contributed by atoms with Crippen molar-refractivity contribution in [3.63, 3.8) is 0 Å². The van der Waals surface area contributed by atoms with Gasteiger partial charge >= 0.3 is 0 Å². The minimum atomic E-state index is 0.792. The molecule has 152 valence electrons. The van der Waals surface area contributed by atoms with E-state index in [-0.39, 0.29) is 0 Å². The van der Waals surface area contributed by atoms with Crippen molar-refractivity contribution in [3.05, 3.63) is 59.5 Å². The van der Waals surface area contributed by atoms with Gasteiger partial charge in [-0.05, 0) is 50.2 Å². The first-order valence-electron chi connectivity index (χ1n) is 9.97. The van der Waals surface area contributed by atoms with Crippen molar-refractivity contribution >= 4 is 33.3 Å². The number of thiophene rings is 1. The molecule has 7 nitrogen and oxygen atoms in total. The Kier molecular flexibility index (Phi) is 3.85. The Morgan fingerprint density at radius 1 is 0.968 bits per heavy atom. The van der Waals surface area contributed by atoms with Crippen LogP contribution in [0.15, 0.2) is 48.8 Å². The Hall–Kier alpha value is -3.78. The molecule has 0 fully saturated rings. The van der Waals surface area contributed by atoms with E-state index in [1.54, 1.807) is 11.3 Å². The number of rotatable bonds is 3. The summed E-state index contributed by atoms with van der Waals surface area (Å²) >= 11 is 1.75. The zero-order valence-electron chi connectivity index (χ0n) is 17.3. The molecule has 6 aromatic heterocycles. The van der Waals surface area contributed by atoms with Crippen LogP contribution in [0.4, 0.5) is 0 Å². The normalized spacial score (nSPS) is 11.7. The largest absolute Gasteiger partial charge is 0.353 e. The van der Waals surface area contributed by atoms with E-state index >= 15 is 0 Å². The molecule has 0 saturated carbocycles. The summed E-state index contributed by atoms with van der Waals surface area (Å²) in [4.78, 5) is 19.9. The van der Waals surface area contributed by atoms with Crippen LogP contribution in [0.1, 0.15) is 10.7 Å². The summed E-state index contributed by atoms with van der Waals surface area (Å²) in [6.07, 6.45) is 3.70. The van der Waals surface area contributed by atoms with E-state index in [0.29, 0.717) is 0 Å². The second-order valence-electron chi connectivity index (χ2n) is 7.63. The van der Waals surface area contributed by atoms with E-state index in [4.69, 9.17) is 4.98 Å². The molecule has 0 unspecified atom stereocenters. The minimum Gasteiger partial charge on any atom is -0.353 e. The molecule has 6 heterocycles. The quantitative estimate of drug-likeness (QED) is 0.405. The van der Waals surface area contributed by atoms with E-state index in [1.165, 1.54) is 4.88 Å². The van der Waals surface area contributed by atoms with Crippen molar-refractivity contribution in [2.24, 2.45) is 7.05 Å². The fourth-order valence-corrected chi connectivity index (χ4v) is 4.79. The van der Waals surface area contributed by atoms with Crippen LogP contribution in [0.3, 0.4) is 0 Å². The Morgan fingerprint density at radius 2 is 1.87 bits per heavy atom. The number of aryl methyl sites for hydroxylation is 2. The molecule has 2 N–H and O–H groups in total. The molecule has 0 saturated heterocycles. The number of H-pyrrole nitrogens is 2. The van der Waals surface area contributed by atoms with Gasteiger partial charge in [-0.1, -0.05) is 0 Å². The maximum atomic E-state index is 4.92. The van der Waals surface area contributed by atoms with Crippen LogP contribution in [0.5, 0.6) is 0 Å².